The Balaban J connectivity index is 4.43. The van der Waals surface area contributed by atoms with E-state index in [1.54, 1.807) is 0 Å². The molecule has 2 unspecified atom stereocenters. The van der Waals surface area contributed by atoms with Crippen LogP contribution in [0.3, 0.4) is 0 Å². The second-order valence-corrected chi connectivity index (χ2v) is 15.3. The van der Waals surface area contributed by atoms with Crippen molar-refractivity contribution in [2.45, 2.75) is 174 Å². The van der Waals surface area contributed by atoms with Crippen molar-refractivity contribution >= 4 is 25.7 Å². The van der Waals surface area contributed by atoms with Crippen molar-refractivity contribution in [3.8, 4) is 0 Å². The molecule has 3 atom stereocenters. The number of allylic oxidation sites excluding steroid dienone is 10. The highest BCUT2D eigenvalue weighted by atomic mass is 31.2. The fraction of sp³-hybridized carbons (Fsp3) is 0.698. The first kappa shape index (κ1) is 52.2. The van der Waals surface area contributed by atoms with Crippen LogP contribution in [0.5, 0.6) is 0 Å². The fourth-order valence-electron chi connectivity index (χ4n) is 5.30. The van der Waals surface area contributed by atoms with Gasteiger partial charge in [0.05, 0.1) is 13.2 Å². The van der Waals surface area contributed by atoms with Crippen LogP contribution in [-0.4, -0.2) is 59.9 Å². The minimum Gasteiger partial charge on any atom is -0.480 e. The summed E-state index contributed by atoms with van der Waals surface area (Å²) in [5.74, 6) is -2.45. The first-order chi connectivity index (χ1) is 26.6. The lowest BCUT2D eigenvalue weighted by Gasteiger charge is -2.20. The lowest BCUT2D eigenvalue weighted by molar-refractivity contribution is -0.161. The Hall–Kier alpha value is -2.82. The summed E-state index contributed by atoms with van der Waals surface area (Å²) in [5, 5.41) is 8.87. The van der Waals surface area contributed by atoms with Crippen molar-refractivity contribution in [2.75, 3.05) is 19.8 Å². The number of unbranched alkanes of at least 4 members (excludes halogenated alkanes) is 17. The summed E-state index contributed by atoms with van der Waals surface area (Å²) in [4.78, 5) is 45.8. The van der Waals surface area contributed by atoms with Gasteiger partial charge in [-0.15, -0.1) is 0 Å². The topological polar surface area (TPSA) is 172 Å². The standard InChI is InChI=1S/C43H74NO10P/c1-3-5-7-9-11-13-15-17-18-19-20-21-23-24-26-28-30-32-34-41(45)51-36-39(37-52-55(49,50)53-38-40(44)43(47)48)54-42(46)35-33-31-29-27-25-22-16-14-12-10-8-6-4-2/h6,8,10,12,14,16,20-22,25,39-40H,3-5,7,9,11,13,15,17-19,23-24,26-38,44H2,1-2H3,(H,47,48)(H,49,50)/b8-6+,12-10+,16-14+,21-20+,25-22+/t39?,40-/m1/s1. The molecule has 4 N–H and O–H groups in total. The zero-order valence-electron chi connectivity index (χ0n) is 34.0. The Morgan fingerprint density at radius 3 is 1.60 bits per heavy atom. The van der Waals surface area contributed by atoms with Gasteiger partial charge in [-0.3, -0.25) is 23.4 Å². The number of carbonyl (C=O) groups excluding carboxylic acids is 2. The Bertz CT molecular complexity index is 1170. The molecule has 11 nitrogen and oxygen atoms in total. The third kappa shape index (κ3) is 37.9. The van der Waals surface area contributed by atoms with Gasteiger partial charge in [0.2, 0.25) is 0 Å². The molecule has 12 heteroatoms. The molecule has 0 bridgehead atoms. The number of nitrogens with two attached hydrogens (primary N) is 1. The number of esters is 2. The minimum absolute atomic E-state index is 0.111. The van der Waals surface area contributed by atoms with Gasteiger partial charge in [0.15, 0.2) is 6.10 Å². The van der Waals surface area contributed by atoms with E-state index in [9.17, 15) is 23.8 Å². The summed E-state index contributed by atoms with van der Waals surface area (Å²) in [5.41, 5.74) is 5.32. The van der Waals surface area contributed by atoms with Gasteiger partial charge in [-0.2, -0.15) is 0 Å². The van der Waals surface area contributed by atoms with E-state index in [-0.39, 0.29) is 19.4 Å². The minimum atomic E-state index is -4.73. The van der Waals surface area contributed by atoms with E-state index in [1.165, 1.54) is 57.8 Å². The molecule has 316 valence electrons. The van der Waals surface area contributed by atoms with Gasteiger partial charge >= 0.3 is 25.7 Å². The van der Waals surface area contributed by atoms with Crippen LogP contribution in [0.4, 0.5) is 0 Å². The summed E-state index contributed by atoms with van der Waals surface area (Å²) in [6, 6.07) is -1.53. The second-order valence-electron chi connectivity index (χ2n) is 13.8. The third-order valence-electron chi connectivity index (χ3n) is 8.59. The van der Waals surface area contributed by atoms with Gasteiger partial charge < -0.3 is 25.2 Å². The summed E-state index contributed by atoms with van der Waals surface area (Å²) >= 11 is 0. The van der Waals surface area contributed by atoms with E-state index < -0.39 is 51.1 Å². The highest BCUT2D eigenvalue weighted by Crippen LogP contribution is 2.43. The third-order valence-corrected chi connectivity index (χ3v) is 9.54. The average molecular weight is 796 g/mol. The van der Waals surface area contributed by atoms with E-state index in [4.69, 9.17) is 24.8 Å². The maximum absolute atomic E-state index is 12.6. The van der Waals surface area contributed by atoms with Gasteiger partial charge in [0, 0.05) is 12.8 Å². The molecule has 55 heavy (non-hydrogen) atoms. The Labute approximate surface area is 332 Å². The van der Waals surface area contributed by atoms with Crippen LogP contribution in [-0.2, 0) is 37.5 Å². The molecule has 0 saturated heterocycles. The van der Waals surface area contributed by atoms with Crippen molar-refractivity contribution in [1.29, 1.82) is 0 Å². The van der Waals surface area contributed by atoms with Gasteiger partial charge in [-0.1, -0.05) is 152 Å². The van der Waals surface area contributed by atoms with Crippen LogP contribution < -0.4 is 5.73 Å². The Morgan fingerprint density at radius 2 is 1.04 bits per heavy atom. The number of carboxylic acid groups (broad SMARTS) is 1. The zero-order chi connectivity index (χ0) is 40.7. The molecule has 0 aromatic rings. The van der Waals surface area contributed by atoms with E-state index in [2.05, 4.69) is 42.7 Å². The lowest BCUT2D eigenvalue weighted by atomic mass is 10.1. The SMILES string of the molecule is CC/C=C/C=C/C=C/C=C/CCCCCC(=O)OC(COC(=O)CCCCCCC/C=C/CCCCCCCCCCC)COP(=O)(O)OC[C@@H](N)C(=O)O. The fourth-order valence-corrected chi connectivity index (χ4v) is 6.08. The smallest absolute Gasteiger partial charge is 0.472 e. The number of hydrogen-bond acceptors (Lipinski definition) is 9. The number of rotatable bonds is 38. The molecular formula is C43H74NO10P. The van der Waals surface area contributed by atoms with Crippen molar-refractivity contribution in [2.24, 2.45) is 5.73 Å². The van der Waals surface area contributed by atoms with Crippen molar-refractivity contribution < 1.29 is 47.5 Å². The first-order valence-electron chi connectivity index (χ1n) is 20.9. The molecule has 0 spiro atoms. The number of carboxylic acids is 1. The quantitative estimate of drug-likeness (QED) is 0.0178. The maximum atomic E-state index is 12.6. The molecule has 0 aromatic heterocycles. The van der Waals surface area contributed by atoms with Gasteiger partial charge in [-0.25, -0.2) is 4.57 Å². The average Bonchev–Trinajstić information content (AvgIpc) is 3.16. The Morgan fingerprint density at radius 1 is 0.582 bits per heavy atom. The van der Waals surface area contributed by atoms with Crippen LogP contribution in [0.2, 0.25) is 0 Å². The molecule has 0 aliphatic carbocycles. The molecule has 0 saturated carbocycles. The molecule has 0 heterocycles. The molecule has 0 radical (unpaired) electrons. The number of carbonyl (C=O) groups is 3. The lowest BCUT2D eigenvalue weighted by Crippen LogP contribution is -2.34. The number of aliphatic carboxylic acids is 1. The van der Waals surface area contributed by atoms with Crippen LogP contribution >= 0.6 is 7.82 Å². The largest absolute Gasteiger partial charge is 0.480 e. The number of phosphoric ester groups is 1. The van der Waals surface area contributed by atoms with Gasteiger partial charge in [0.1, 0.15) is 12.6 Å². The highest BCUT2D eigenvalue weighted by Gasteiger charge is 2.28. The molecule has 0 fully saturated rings. The summed E-state index contributed by atoms with van der Waals surface area (Å²) in [6.45, 7) is 2.60. The molecule has 0 amide bonds. The van der Waals surface area contributed by atoms with Crippen LogP contribution in [0.25, 0.3) is 0 Å². The summed E-state index contributed by atoms with van der Waals surface area (Å²) < 4.78 is 32.6. The van der Waals surface area contributed by atoms with E-state index in [0.29, 0.717) is 12.8 Å². The van der Waals surface area contributed by atoms with Gasteiger partial charge in [-0.05, 0) is 57.8 Å². The van der Waals surface area contributed by atoms with E-state index >= 15 is 0 Å². The normalized spacial score (nSPS) is 14.4. The Kier molecular flexibility index (Phi) is 36.1. The predicted octanol–water partition coefficient (Wildman–Crippen LogP) is 10.8. The summed E-state index contributed by atoms with van der Waals surface area (Å²) in [6.07, 6.45) is 43.0. The zero-order valence-corrected chi connectivity index (χ0v) is 34.9. The van der Waals surface area contributed by atoms with Crippen molar-refractivity contribution in [3.63, 3.8) is 0 Å². The van der Waals surface area contributed by atoms with Gasteiger partial charge in [0.25, 0.3) is 0 Å². The first-order valence-corrected chi connectivity index (χ1v) is 22.4. The molecule has 0 aliphatic heterocycles. The molecule has 0 aliphatic rings. The van der Waals surface area contributed by atoms with E-state index in [1.807, 2.05) is 36.5 Å². The summed E-state index contributed by atoms with van der Waals surface area (Å²) in [7, 11) is -4.73. The molecular weight excluding hydrogens is 721 g/mol. The van der Waals surface area contributed by atoms with Crippen LogP contribution in [0.15, 0.2) is 60.8 Å². The van der Waals surface area contributed by atoms with E-state index in [0.717, 1.165) is 64.2 Å². The van der Waals surface area contributed by atoms with Crippen LogP contribution in [0, 0.1) is 0 Å². The van der Waals surface area contributed by atoms with Crippen molar-refractivity contribution in [3.05, 3.63) is 60.8 Å². The monoisotopic (exact) mass is 796 g/mol. The molecule has 0 aromatic carbocycles. The molecule has 0 rings (SSSR count). The number of hydrogen-bond donors (Lipinski definition) is 3. The number of ether oxygens (including phenoxy) is 2. The van der Waals surface area contributed by atoms with Crippen molar-refractivity contribution in [1.82, 2.24) is 0 Å². The maximum Gasteiger partial charge on any atom is 0.472 e. The highest BCUT2D eigenvalue weighted by molar-refractivity contribution is 7.47. The second kappa shape index (κ2) is 38.1. The van der Waals surface area contributed by atoms with Crippen LogP contribution in [0.1, 0.15) is 162 Å². The number of phosphoric acid groups is 1. The predicted molar refractivity (Wildman–Crippen MR) is 221 cm³/mol.